The van der Waals surface area contributed by atoms with Crippen molar-refractivity contribution in [1.29, 1.82) is 0 Å². The van der Waals surface area contributed by atoms with Crippen LogP contribution in [0.15, 0.2) is 133 Å². The second-order valence-electron chi connectivity index (χ2n) is 10.7. The highest BCUT2D eigenvalue weighted by Crippen LogP contribution is 2.41. The Morgan fingerprint density at radius 3 is 1.85 bits per heavy atom. The van der Waals surface area contributed by atoms with Gasteiger partial charge in [-0.2, -0.15) is 0 Å². The minimum atomic E-state index is 1.13. The summed E-state index contributed by atoms with van der Waals surface area (Å²) in [5.41, 5.74) is 4.92. The van der Waals surface area contributed by atoms with Crippen LogP contribution in [0.4, 0.5) is 0 Å². The molecule has 41 heavy (non-hydrogen) atoms. The fourth-order valence-electron chi connectivity index (χ4n) is 6.53. The Morgan fingerprint density at radius 2 is 1.02 bits per heavy atom. The van der Waals surface area contributed by atoms with Crippen LogP contribution in [0.2, 0.25) is 0 Å². The van der Waals surface area contributed by atoms with Gasteiger partial charge in [0, 0.05) is 25.6 Å². The lowest BCUT2D eigenvalue weighted by molar-refractivity contribution is 1.62. The van der Waals surface area contributed by atoms with Crippen LogP contribution in [0, 0.1) is 12.1 Å². The molecule has 0 saturated heterocycles. The molecule has 0 spiro atoms. The molecule has 0 unspecified atom stereocenters. The summed E-state index contributed by atoms with van der Waals surface area (Å²) in [5, 5.41) is 12.7. The molecule has 188 valence electrons. The van der Waals surface area contributed by atoms with Crippen molar-refractivity contribution in [3.63, 3.8) is 0 Å². The molecule has 0 aliphatic heterocycles. The van der Waals surface area contributed by atoms with Crippen molar-refractivity contribution in [3.05, 3.63) is 146 Å². The van der Waals surface area contributed by atoms with Crippen LogP contribution in [-0.2, 0) is 0 Å². The van der Waals surface area contributed by atoms with Crippen molar-refractivity contribution in [3.8, 4) is 22.3 Å². The molecule has 0 N–H and O–H groups in total. The molecule has 1 heteroatoms. The normalized spacial score (nSPS) is 11.7. The molecular weight excluding hydrogens is 513 g/mol. The highest BCUT2D eigenvalue weighted by molar-refractivity contribution is 7.26. The first-order chi connectivity index (χ1) is 20.3. The predicted molar refractivity (Wildman–Crippen MR) is 178 cm³/mol. The topological polar surface area (TPSA) is 0 Å². The van der Waals surface area contributed by atoms with Gasteiger partial charge >= 0.3 is 0 Å². The van der Waals surface area contributed by atoms with E-state index < -0.39 is 0 Å². The van der Waals surface area contributed by atoms with Gasteiger partial charge in [-0.15, -0.1) is 11.3 Å². The number of thiophene rings is 1. The summed E-state index contributed by atoms with van der Waals surface area (Å²) in [5.74, 6) is 0. The van der Waals surface area contributed by atoms with Gasteiger partial charge in [-0.25, -0.2) is 0 Å². The highest BCUT2D eigenvalue weighted by Gasteiger charge is 2.12. The Morgan fingerprint density at radius 1 is 0.415 bits per heavy atom. The Balaban J connectivity index is 1.16. The quantitative estimate of drug-likeness (QED) is 0.194. The maximum atomic E-state index is 3.38. The Labute approximate surface area is 241 Å². The maximum Gasteiger partial charge on any atom is 0.0406 e. The Kier molecular flexibility index (Phi) is 4.79. The smallest absolute Gasteiger partial charge is 0.0406 e. The van der Waals surface area contributed by atoms with E-state index in [9.17, 15) is 0 Å². The van der Waals surface area contributed by atoms with Gasteiger partial charge in [0.05, 0.1) is 0 Å². The van der Waals surface area contributed by atoms with E-state index in [0.29, 0.717) is 0 Å². The van der Waals surface area contributed by atoms with Gasteiger partial charge in [-0.3, -0.25) is 0 Å². The fraction of sp³-hybridized carbons (Fsp3) is 0. The lowest BCUT2D eigenvalue weighted by atomic mass is 9.92. The van der Waals surface area contributed by atoms with Gasteiger partial charge in [0.15, 0.2) is 0 Å². The molecule has 0 aliphatic rings. The first-order valence-electron chi connectivity index (χ1n) is 13.9. The minimum Gasteiger partial charge on any atom is -0.135 e. The Bertz CT molecular complexity index is 2420. The molecule has 0 aliphatic carbocycles. The van der Waals surface area contributed by atoms with Crippen LogP contribution >= 0.6 is 11.3 Å². The van der Waals surface area contributed by atoms with Gasteiger partial charge in [0.25, 0.3) is 0 Å². The van der Waals surface area contributed by atoms with Crippen LogP contribution in [0.5, 0.6) is 0 Å². The van der Waals surface area contributed by atoms with Crippen molar-refractivity contribution in [2.24, 2.45) is 0 Å². The summed E-state index contributed by atoms with van der Waals surface area (Å²) < 4.78 is 2.68. The zero-order chi connectivity index (χ0) is 26.9. The van der Waals surface area contributed by atoms with Crippen molar-refractivity contribution in [1.82, 2.24) is 0 Å². The number of rotatable bonds is 2. The van der Waals surface area contributed by atoms with E-state index in [-0.39, 0.29) is 0 Å². The maximum absolute atomic E-state index is 3.38. The van der Waals surface area contributed by atoms with E-state index in [2.05, 4.69) is 140 Å². The molecule has 0 saturated carbocycles. The monoisotopic (exact) mass is 534 g/mol. The summed E-state index contributed by atoms with van der Waals surface area (Å²) in [6.07, 6.45) is 0. The molecule has 0 amide bonds. The van der Waals surface area contributed by atoms with Crippen molar-refractivity contribution >= 4 is 74.6 Å². The summed E-state index contributed by atoms with van der Waals surface area (Å²) in [4.78, 5) is 0. The third kappa shape index (κ3) is 3.42. The number of fused-ring (bicyclic) bond motifs is 11. The molecular formula is C40H22S. The van der Waals surface area contributed by atoms with Crippen molar-refractivity contribution < 1.29 is 0 Å². The third-order valence-electron chi connectivity index (χ3n) is 8.51. The number of hydrogen-bond donors (Lipinski definition) is 0. The van der Waals surface area contributed by atoms with Crippen molar-refractivity contribution in [2.45, 2.75) is 0 Å². The summed E-state index contributed by atoms with van der Waals surface area (Å²) in [7, 11) is 0. The molecule has 9 aromatic rings. The second kappa shape index (κ2) is 8.67. The largest absolute Gasteiger partial charge is 0.135 e. The van der Waals surface area contributed by atoms with Gasteiger partial charge in [0.1, 0.15) is 0 Å². The lowest BCUT2D eigenvalue weighted by Gasteiger charge is -2.11. The average Bonchev–Trinajstić information content (AvgIpc) is 3.43. The van der Waals surface area contributed by atoms with E-state index in [4.69, 9.17) is 0 Å². The van der Waals surface area contributed by atoms with E-state index >= 15 is 0 Å². The van der Waals surface area contributed by atoms with Crippen LogP contribution in [0.3, 0.4) is 0 Å². The zero-order valence-corrected chi connectivity index (χ0v) is 22.9. The first-order valence-corrected chi connectivity index (χ1v) is 14.7. The molecule has 0 fully saturated rings. The van der Waals surface area contributed by atoms with Gasteiger partial charge < -0.3 is 0 Å². The molecule has 0 nitrogen and oxygen atoms in total. The van der Waals surface area contributed by atoms with Gasteiger partial charge in [0.2, 0.25) is 0 Å². The van der Waals surface area contributed by atoms with Crippen LogP contribution in [0.25, 0.3) is 85.5 Å². The lowest BCUT2D eigenvalue weighted by Crippen LogP contribution is -1.85. The molecule has 9 rings (SSSR count). The highest BCUT2D eigenvalue weighted by atomic mass is 32.1. The third-order valence-corrected chi connectivity index (χ3v) is 9.64. The Hall–Kier alpha value is -5.16. The van der Waals surface area contributed by atoms with Crippen LogP contribution in [0.1, 0.15) is 0 Å². The fourth-order valence-corrected chi connectivity index (χ4v) is 7.63. The van der Waals surface area contributed by atoms with E-state index in [1.54, 1.807) is 0 Å². The van der Waals surface area contributed by atoms with Crippen LogP contribution < -0.4 is 0 Å². The standard InChI is InChI=1S/C40H22S/c1-2-8-30-27(7-1)18-22-39-40(30)37-24-29(19-21-38(37)41-39)26-15-13-25(14-16-26)28-17-20-35-33-11-4-3-9-31(33)32-10-5-6-12-34(32)36(35)23-28/h1-4,6-9,11-24H. The van der Waals surface area contributed by atoms with Gasteiger partial charge in [-0.05, 0) is 96.4 Å². The summed E-state index contributed by atoms with van der Waals surface area (Å²) >= 11 is 1.88. The number of benzene rings is 7. The molecule has 0 atom stereocenters. The van der Waals surface area contributed by atoms with Crippen LogP contribution in [-0.4, -0.2) is 0 Å². The predicted octanol–water partition coefficient (Wildman–Crippen LogP) is 11.6. The van der Waals surface area contributed by atoms with Crippen molar-refractivity contribution in [2.75, 3.05) is 0 Å². The number of hydrogen-bond acceptors (Lipinski definition) is 1. The minimum absolute atomic E-state index is 1.13. The second-order valence-corrected chi connectivity index (χ2v) is 11.8. The van der Waals surface area contributed by atoms with E-state index in [1.807, 2.05) is 17.4 Å². The average molecular weight is 535 g/mol. The molecule has 0 radical (unpaired) electrons. The molecule has 1 heterocycles. The van der Waals surface area contributed by atoms with E-state index in [0.717, 1.165) is 5.39 Å². The SMILES string of the molecule is c1ccc2c(c#1)c1ccccc1c1ccc(-c3ccc(-c4ccc5sc6ccc7ccccc7c6c5c4)cc3)cc21. The summed E-state index contributed by atoms with van der Waals surface area (Å²) in [6, 6.07) is 55.3. The summed E-state index contributed by atoms with van der Waals surface area (Å²) in [6.45, 7) is 0. The van der Waals surface area contributed by atoms with Gasteiger partial charge in [-0.1, -0.05) is 109 Å². The van der Waals surface area contributed by atoms with E-state index in [1.165, 1.54) is 80.1 Å². The molecule has 1 aromatic heterocycles. The molecule has 0 bridgehead atoms. The zero-order valence-electron chi connectivity index (χ0n) is 22.1. The molecule has 8 aromatic carbocycles. The first kappa shape index (κ1) is 22.6.